The summed E-state index contributed by atoms with van der Waals surface area (Å²) in [5.74, 6) is 1.28. The largest absolute Gasteiger partial charge is 0.497 e. The van der Waals surface area contributed by atoms with Crippen molar-refractivity contribution in [1.29, 1.82) is 0 Å². The maximum atomic E-state index is 6.33. The molecule has 1 aromatic carbocycles. The normalized spacial score (nSPS) is 11.1. The molecule has 0 amide bonds. The molecule has 0 N–H and O–H groups in total. The van der Waals surface area contributed by atoms with Crippen LogP contribution in [0.2, 0.25) is 5.15 Å². The molecule has 3 rings (SSSR count). The Kier molecular flexibility index (Phi) is 4.57. The zero-order valence-corrected chi connectivity index (χ0v) is 16.8. The van der Waals surface area contributed by atoms with E-state index in [0.29, 0.717) is 16.7 Å². The highest BCUT2D eigenvalue weighted by atomic mass is 79.9. The summed E-state index contributed by atoms with van der Waals surface area (Å²) in [5, 5.41) is 1.17. The molecule has 0 atom stereocenters. The quantitative estimate of drug-likeness (QED) is 0.377. The van der Waals surface area contributed by atoms with Gasteiger partial charge in [0.2, 0.25) is 0 Å². The summed E-state index contributed by atoms with van der Waals surface area (Å²) in [6.07, 6.45) is 0. The number of fused-ring (bicyclic) bond motifs is 1. The van der Waals surface area contributed by atoms with Crippen LogP contribution in [0.15, 0.2) is 30.2 Å². The van der Waals surface area contributed by atoms with E-state index < -0.39 is 0 Å². The second-order valence-electron chi connectivity index (χ2n) is 4.08. The minimum absolute atomic E-state index is 0.402. The first-order valence-corrected chi connectivity index (χ1v) is 9.23. The number of rotatable bonds is 2. The van der Waals surface area contributed by atoms with Crippen molar-refractivity contribution in [3.63, 3.8) is 0 Å². The van der Waals surface area contributed by atoms with Crippen molar-refractivity contribution in [2.45, 2.75) is 0 Å². The molecule has 21 heavy (non-hydrogen) atoms. The number of nitrogens with zero attached hydrogens (tertiary/aromatic N) is 2. The first-order chi connectivity index (χ1) is 9.99. The van der Waals surface area contributed by atoms with E-state index >= 15 is 0 Å². The zero-order valence-electron chi connectivity index (χ0n) is 10.5. The van der Waals surface area contributed by atoms with Gasteiger partial charge in [0.15, 0.2) is 5.82 Å². The highest BCUT2D eigenvalue weighted by molar-refractivity contribution is 9.12. The zero-order chi connectivity index (χ0) is 15.1. The molecule has 0 aliphatic carbocycles. The van der Waals surface area contributed by atoms with Crippen molar-refractivity contribution < 1.29 is 4.74 Å². The molecule has 2 aromatic heterocycles. The van der Waals surface area contributed by atoms with E-state index in [9.17, 15) is 0 Å². The summed E-state index contributed by atoms with van der Waals surface area (Å²) in [4.78, 5) is 9.00. The fraction of sp³-hybridized carbons (Fsp3) is 0.0769. The molecule has 0 bridgehead atoms. The number of hydrogen-bond acceptors (Lipinski definition) is 4. The lowest BCUT2D eigenvalue weighted by Crippen LogP contribution is -1.93. The third kappa shape index (κ3) is 2.99. The van der Waals surface area contributed by atoms with Gasteiger partial charge in [0, 0.05) is 16.1 Å². The Labute approximate surface area is 155 Å². The van der Waals surface area contributed by atoms with Crippen LogP contribution in [0.1, 0.15) is 0 Å². The van der Waals surface area contributed by atoms with Crippen LogP contribution in [0, 0.1) is 0 Å². The minimum atomic E-state index is 0.402. The van der Waals surface area contributed by atoms with E-state index in [1.165, 1.54) is 0 Å². The molecular weight excluding hydrogens is 507 g/mol. The molecule has 3 aromatic rings. The molecule has 0 aliphatic rings. The highest BCUT2D eigenvalue weighted by Crippen LogP contribution is 2.39. The molecule has 0 spiro atoms. The van der Waals surface area contributed by atoms with E-state index in [-0.39, 0.29) is 0 Å². The lowest BCUT2D eigenvalue weighted by molar-refractivity contribution is 0.415. The Morgan fingerprint density at radius 2 is 1.90 bits per heavy atom. The first-order valence-electron chi connectivity index (χ1n) is 5.65. The maximum Gasteiger partial charge on any atom is 0.163 e. The number of thiophene rings is 1. The molecule has 3 nitrogen and oxygen atoms in total. The van der Waals surface area contributed by atoms with Crippen molar-refractivity contribution in [3.05, 3.63) is 35.4 Å². The van der Waals surface area contributed by atoms with Crippen molar-refractivity contribution in [2.24, 2.45) is 0 Å². The third-order valence-corrected chi connectivity index (χ3v) is 6.05. The highest BCUT2D eigenvalue weighted by Gasteiger charge is 2.15. The van der Waals surface area contributed by atoms with Gasteiger partial charge in [-0.15, -0.1) is 11.3 Å². The van der Waals surface area contributed by atoms with Crippen LogP contribution in [0.3, 0.4) is 0 Å². The number of ether oxygens (including phenoxy) is 1. The van der Waals surface area contributed by atoms with Crippen molar-refractivity contribution in [2.75, 3.05) is 7.11 Å². The van der Waals surface area contributed by atoms with Gasteiger partial charge in [-0.2, -0.15) is 0 Å². The van der Waals surface area contributed by atoms with Crippen LogP contribution in [-0.4, -0.2) is 17.1 Å². The Morgan fingerprint density at radius 3 is 2.52 bits per heavy atom. The molecule has 0 fully saturated rings. The second-order valence-corrected chi connectivity index (χ2v) is 9.04. The van der Waals surface area contributed by atoms with Gasteiger partial charge in [0.05, 0.1) is 25.6 Å². The average Bonchev–Trinajstić information content (AvgIpc) is 2.76. The summed E-state index contributed by atoms with van der Waals surface area (Å²) >= 11 is 18.3. The van der Waals surface area contributed by atoms with Gasteiger partial charge in [-0.25, -0.2) is 9.97 Å². The molecule has 108 valence electrons. The summed E-state index contributed by atoms with van der Waals surface area (Å²) < 4.78 is 8.02. The van der Waals surface area contributed by atoms with Crippen LogP contribution >= 0.6 is 70.7 Å². The van der Waals surface area contributed by atoms with E-state index in [0.717, 1.165) is 28.5 Å². The average molecular weight is 513 g/mol. The van der Waals surface area contributed by atoms with Crippen LogP contribution < -0.4 is 4.74 Å². The van der Waals surface area contributed by atoms with Gasteiger partial charge in [-0.1, -0.05) is 11.6 Å². The molecule has 0 saturated heterocycles. The molecule has 0 radical (unpaired) electrons. The number of hydrogen-bond donors (Lipinski definition) is 0. The molecular formula is C13H6Br3ClN2OS. The smallest absolute Gasteiger partial charge is 0.163 e. The fourth-order valence-corrected chi connectivity index (χ4v) is 5.68. The fourth-order valence-electron chi connectivity index (χ4n) is 1.88. The van der Waals surface area contributed by atoms with Crippen LogP contribution in [0.5, 0.6) is 5.75 Å². The van der Waals surface area contributed by atoms with Gasteiger partial charge in [-0.05, 0) is 59.9 Å². The topological polar surface area (TPSA) is 35.0 Å². The predicted octanol–water partition coefficient (Wildman–Crippen LogP) is 6.31. The SMILES string of the molecule is COc1cc(Br)c2c(Cl)nc(-c3cc(Br)sc3Br)nc2c1. The van der Waals surface area contributed by atoms with E-state index in [1.54, 1.807) is 18.4 Å². The molecule has 0 aliphatic heterocycles. The summed E-state index contributed by atoms with van der Waals surface area (Å²) in [6, 6.07) is 5.64. The Morgan fingerprint density at radius 1 is 1.14 bits per heavy atom. The van der Waals surface area contributed by atoms with Crippen molar-refractivity contribution in [1.82, 2.24) is 9.97 Å². The number of halogens is 4. The van der Waals surface area contributed by atoms with E-state index in [4.69, 9.17) is 16.3 Å². The summed E-state index contributed by atoms with van der Waals surface area (Å²) in [7, 11) is 1.61. The third-order valence-electron chi connectivity index (χ3n) is 2.81. The number of benzene rings is 1. The summed E-state index contributed by atoms with van der Waals surface area (Å²) in [6.45, 7) is 0. The van der Waals surface area contributed by atoms with Gasteiger partial charge < -0.3 is 4.74 Å². The van der Waals surface area contributed by atoms with Gasteiger partial charge in [-0.3, -0.25) is 0 Å². The lowest BCUT2D eigenvalue weighted by Gasteiger charge is -2.08. The number of methoxy groups -OCH3 is 1. The van der Waals surface area contributed by atoms with Gasteiger partial charge >= 0.3 is 0 Å². The first kappa shape index (κ1) is 15.7. The maximum absolute atomic E-state index is 6.33. The van der Waals surface area contributed by atoms with Crippen LogP contribution in [0.25, 0.3) is 22.3 Å². The van der Waals surface area contributed by atoms with Crippen molar-refractivity contribution in [3.8, 4) is 17.1 Å². The summed E-state index contributed by atoms with van der Waals surface area (Å²) in [5.41, 5.74) is 1.63. The second kappa shape index (κ2) is 6.12. The minimum Gasteiger partial charge on any atom is -0.497 e. The van der Waals surface area contributed by atoms with Crippen LogP contribution in [0.4, 0.5) is 0 Å². The molecule has 8 heteroatoms. The molecule has 0 saturated carbocycles. The van der Waals surface area contributed by atoms with Gasteiger partial charge in [0.1, 0.15) is 10.9 Å². The van der Waals surface area contributed by atoms with E-state index in [1.807, 2.05) is 18.2 Å². The lowest BCUT2D eigenvalue weighted by atomic mass is 10.2. The standard InChI is InChI=1S/C13H6Br3ClN2OS/c1-20-5-2-7(14)10-8(3-5)18-13(19-12(10)17)6-4-9(15)21-11(6)16/h2-4H,1H3. The number of aromatic nitrogens is 2. The van der Waals surface area contributed by atoms with Crippen molar-refractivity contribution >= 4 is 81.6 Å². The Bertz CT molecular complexity index is 853. The monoisotopic (exact) mass is 510 g/mol. The Balaban J connectivity index is 2.29. The molecule has 0 unspecified atom stereocenters. The van der Waals surface area contributed by atoms with E-state index in [2.05, 4.69) is 57.8 Å². The molecule has 2 heterocycles. The predicted molar refractivity (Wildman–Crippen MR) is 97.5 cm³/mol. The van der Waals surface area contributed by atoms with Crippen LogP contribution in [-0.2, 0) is 0 Å². The Hall–Kier alpha value is -0.210. The van der Waals surface area contributed by atoms with Gasteiger partial charge in [0.25, 0.3) is 0 Å².